The second-order valence-corrected chi connectivity index (χ2v) is 6.48. The molecule has 2 aliphatic rings. The van der Waals surface area contributed by atoms with Crippen LogP contribution in [-0.4, -0.2) is 11.8 Å². The number of para-hydroxylation sites is 1. The second-order valence-electron chi connectivity index (χ2n) is 6.48. The monoisotopic (exact) mass is 305 g/mol. The number of nitrogens with zero attached hydrogens (tertiary/aromatic N) is 1. The third-order valence-corrected chi connectivity index (χ3v) is 5.21. The summed E-state index contributed by atoms with van der Waals surface area (Å²) < 4.78 is 0. The summed E-state index contributed by atoms with van der Waals surface area (Å²) in [7, 11) is 0. The first-order valence-electron chi connectivity index (χ1n) is 8.23. The van der Waals surface area contributed by atoms with Crippen molar-refractivity contribution in [3.63, 3.8) is 0 Å². The molecular formula is C20H19NO2. The van der Waals surface area contributed by atoms with E-state index in [2.05, 4.69) is 12.1 Å². The summed E-state index contributed by atoms with van der Waals surface area (Å²) in [6.07, 6.45) is 2.56. The summed E-state index contributed by atoms with van der Waals surface area (Å²) in [5.74, 6) is 0.0406. The summed E-state index contributed by atoms with van der Waals surface area (Å²) in [6.45, 7) is 0. The summed E-state index contributed by atoms with van der Waals surface area (Å²) in [4.78, 5) is 26.9. The fraction of sp³-hybridized carbons (Fsp3) is 0.300. The van der Waals surface area contributed by atoms with Crippen LogP contribution in [0.5, 0.6) is 0 Å². The van der Waals surface area contributed by atoms with E-state index in [1.54, 1.807) is 0 Å². The van der Waals surface area contributed by atoms with Gasteiger partial charge in [0.05, 0.1) is 17.5 Å². The number of hydrogen-bond donors (Lipinski definition) is 0. The highest BCUT2D eigenvalue weighted by Crippen LogP contribution is 2.45. The summed E-state index contributed by atoms with van der Waals surface area (Å²) in [5.41, 5.74) is 1.98. The Kier molecular flexibility index (Phi) is 3.49. The van der Waals surface area contributed by atoms with Crippen molar-refractivity contribution in [2.24, 2.45) is 11.8 Å². The molecule has 0 spiro atoms. The normalized spacial score (nSPS) is 27.1. The van der Waals surface area contributed by atoms with E-state index in [4.69, 9.17) is 0 Å². The van der Waals surface area contributed by atoms with Gasteiger partial charge < -0.3 is 0 Å². The number of carbonyl (C=O) groups excluding carboxylic acids is 2. The van der Waals surface area contributed by atoms with Gasteiger partial charge in [-0.1, -0.05) is 48.5 Å². The smallest absolute Gasteiger partial charge is 0.237 e. The van der Waals surface area contributed by atoms with Crippen LogP contribution in [0.25, 0.3) is 0 Å². The molecule has 116 valence electrons. The maximum atomic E-state index is 12.8. The molecule has 2 fully saturated rings. The number of hydrogen-bond acceptors (Lipinski definition) is 2. The molecule has 1 aliphatic heterocycles. The lowest BCUT2D eigenvalue weighted by molar-refractivity contribution is -0.122. The molecule has 0 N–H and O–H groups in total. The average molecular weight is 305 g/mol. The molecule has 3 atom stereocenters. The minimum atomic E-state index is -0.165. The first-order valence-corrected chi connectivity index (χ1v) is 8.23. The van der Waals surface area contributed by atoms with Gasteiger partial charge in [-0.25, -0.2) is 0 Å². The van der Waals surface area contributed by atoms with Gasteiger partial charge in [0.15, 0.2) is 0 Å². The van der Waals surface area contributed by atoms with Crippen LogP contribution in [0.15, 0.2) is 60.7 Å². The number of amides is 2. The molecule has 1 heterocycles. The van der Waals surface area contributed by atoms with E-state index < -0.39 is 0 Å². The van der Waals surface area contributed by atoms with E-state index in [-0.39, 0.29) is 23.7 Å². The minimum Gasteiger partial charge on any atom is -0.274 e. The molecular weight excluding hydrogens is 286 g/mol. The molecule has 2 aromatic carbocycles. The van der Waals surface area contributed by atoms with Crippen LogP contribution in [-0.2, 0) is 9.59 Å². The van der Waals surface area contributed by atoms with Crippen LogP contribution in [0.1, 0.15) is 30.7 Å². The van der Waals surface area contributed by atoms with Gasteiger partial charge in [0.25, 0.3) is 0 Å². The molecule has 0 aromatic heterocycles. The predicted octanol–water partition coefficient (Wildman–Crippen LogP) is 3.76. The molecule has 2 amide bonds. The topological polar surface area (TPSA) is 37.4 Å². The SMILES string of the molecule is O=C1C2CCC(c3ccccc3)CC2C(=O)N1c1ccccc1. The van der Waals surface area contributed by atoms with Crippen LogP contribution >= 0.6 is 0 Å². The van der Waals surface area contributed by atoms with Crippen LogP contribution in [0.3, 0.4) is 0 Å². The number of anilines is 1. The Morgan fingerprint density at radius 2 is 1.35 bits per heavy atom. The van der Waals surface area contributed by atoms with Crippen molar-refractivity contribution in [1.29, 1.82) is 0 Å². The van der Waals surface area contributed by atoms with Crippen LogP contribution in [0.4, 0.5) is 5.69 Å². The fourth-order valence-corrected chi connectivity index (χ4v) is 4.04. The standard InChI is InChI=1S/C20H19NO2/c22-19-17-12-11-15(14-7-3-1-4-8-14)13-18(17)20(23)21(19)16-9-5-2-6-10-16/h1-10,15,17-18H,11-13H2. The second kappa shape index (κ2) is 5.65. The van der Waals surface area contributed by atoms with E-state index >= 15 is 0 Å². The number of carbonyl (C=O) groups is 2. The maximum Gasteiger partial charge on any atom is 0.237 e. The number of imide groups is 1. The van der Waals surface area contributed by atoms with E-state index in [1.807, 2.05) is 48.5 Å². The van der Waals surface area contributed by atoms with E-state index in [1.165, 1.54) is 10.5 Å². The van der Waals surface area contributed by atoms with Crippen molar-refractivity contribution < 1.29 is 9.59 Å². The van der Waals surface area contributed by atoms with Gasteiger partial charge >= 0.3 is 0 Å². The van der Waals surface area contributed by atoms with Crippen LogP contribution in [0, 0.1) is 11.8 Å². The fourth-order valence-electron chi connectivity index (χ4n) is 4.04. The average Bonchev–Trinajstić information content (AvgIpc) is 2.87. The number of benzene rings is 2. The van der Waals surface area contributed by atoms with Gasteiger partial charge in [-0.2, -0.15) is 0 Å². The van der Waals surface area contributed by atoms with E-state index in [0.717, 1.165) is 19.3 Å². The molecule has 1 aliphatic carbocycles. The first kappa shape index (κ1) is 14.2. The Labute approximate surface area is 135 Å². The number of rotatable bonds is 2. The zero-order valence-electron chi connectivity index (χ0n) is 12.9. The van der Waals surface area contributed by atoms with E-state index in [0.29, 0.717) is 11.6 Å². The molecule has 23 heavy (non-hydrogen) atoms. The highest BCUT2D eigenvalue weighted by atomic mass is 16.2. The lowest BCUT2D eigenvalue weighted by Gasteiger charge is -2.28. The lowest BCUT2D eigenvalue weighted by Crippen LogP contribution is -2.30. The summed E-state index contributed by atoms with van der Waals surface area (Å²) in [6, 6.07) is 19.6. The largest absolute Gasteiger partial charge is 0.274 e. The van der Waals surface area contributed by atoms with Crippen LogP contribution in [0.2, 0.25) is 0 Å². The van der Waals surface area contributed by atoms with Crippen molar-refractivity contribution >= 4 is 17.5 Å². The highest BCUT2D eigenvalue weighted by molar-refractivity contribution is 6.22. The van der Waals surface area contributed by atoms with Gasteiger partial charge in [0, 0.05) is 0 Å². The van der Waals surface area contributed by atoms with Crippen molar-refractivity contribution in [3.05, 3.63) is 66.2 Å². The zero-order chi connectivity index (χ0) is 15.8. The van der Waals surface area contributed by atoms with Crippen molar-refractivity contribution in [2.45, 2.75) is 25.2 Å². The Bertz CT molecular complexity index is 726. The maximum absolute atomic E-state index is 12.8. The zero-order valence-corrected chi connectivity index (χ0v) is 12.9. The van der Waals surface area contributed by atoms with Crippen molar-refractivity contribution in [3.8, 4) is 0 Å². The number of fused-ring (bicyclic) bond motifs is 1. The Morgan fingerprint density at radius 1 is 0.739 bits per heavy atom. The molecule has 1 saturated heterocycles. The Balaban J connectivity index is 1.61. The van der Waals surface area contributed by atoms with Gasteiger partial charge in [0.2, 0.25) is 11.8 Å². The lowest BCUT2D eigenvalue weighted by atomic mass is 9.73. The molecule has 3 unspecified atom stereocenters. The quantitative estimate of drug-likeness (QED) is 0.792. The van der Waals surface area contributed by atoms with E-state index in [9.17, 15) is 9.59 Å². The first-order chi connectivity index (χ1) is 11.3. The van der Waals surface area contributed by atoms with Gasteiger partial charge in [-0.3, -0.25) is 14.5 Å². The molecule has 0 bridgehead atoms. The van der Waals surface area contributed by atoms with Gasteiger partial charge in [-0.15, -0.1) is 0 Å². The van der Waals surface area contributed by atoms with Gasteiger partial charge in [0.1, 0.15) is 0 Å². The molecule has 3 nitrogen and oxygen atoms in total. The molecule has 3 heteroatoms. The summed E-state index contributed by atoms with van der Waals surface area (Å²) >= 11 is 0. The van der Waals surface area contributed by atoms with Crippen molar-refractivity contribution in [1.82, 2.24) is 0 Å². The molecule has 4 rings (SSSR count). The summed E-state index contributed by atoms with van der Waals surface area (Å²) in [5, 5.41) is 0. The Hall–Kier alpha value is -2.42. The minimum absolute atomic E-state index is 0.0160. The van der Waals surface area contributed by atoms with Crippen LogP contribution < -0.4 is 4.90 Å². The highest BCUT2D eigenvalue weighted by Gasteiger charge is 2.50. The van der Waals surface area contributed by atoms with Gasteiger partial charge in [-0.05, 0) is 42.9 Å². The molecule has 2 aromatic rings. The Morgan fingerprint density at radius 3 is 2.04 bits per heavy atom. The third-order valence-electron chi connectivity index (χ3n) is 5.21. The predicted molar refractivity (Wildman–Crippen MR) is 88.9 cm³/mol. The third kappa shape index (κ3) is 2.37. The molecule has 1 saturated carbocycles. The molecule has 0 radical (unpaired) electrons. The van der Waals surface area contributed by atoms with Crippen molar-refractivity contribution in [2.75, 3.05) is 4.90 Å².